The molecule has 1 saturated carbocycles. The zero-order valence-corrected chi connectivity index (χ0v) is 11.5. The Balaban J connectivity index is 1.83. The van der Waals surface area contributed by atoms with Crippen molar-refractivity contribution in [2.75, 3.05) is 0 Å². The molecule has 0 amide bonds. The Morgan fingerprint density at radius 1 is 1.25 bits per heavy atom. The highest BCUT2D eigenvalue weighted by Crippen LogP contribution is 2.29. The van der Waals surface area contributed by atoms with Gasteiger partial charge in [0.25, 0.3) is 0 Å². The standard InChI is InChI=1S/C16H19N3O/c1-11-15(3-2-10-18-11)16(19-17)12-4-6-13(7-5-12)20-14-8-9-14/h2-7,10,14,16,19H,8-9,17H2,1H3. The fraction of sp³-hybridized carbons (Fsp3) is 0.312. The van der Waals surface area contributed by atoms with Crippen LogP contribution in [0.4, 0.5) is 0 Å². The zero-order chi connectivity index (χ0) is 13.9. The summed E-state index contributed by atoms with van der Waals surface area (Å²) in [6, 6.07) is 12.0. The number of pyridine rings is 1. The van der Waals surface area contributed by atoms with Crippen molar-refractivity contribution in [3.63, 3.8) is 0 Å². The molecule has 104 valence electrons. The summed E-state index contributed by atoms with van der Waals surface area (Å²) in [5.74, 6) is 6.65. The fourth-order valence-corrected chi connectivity index (χ4v) is 2.28. The molecular formula is C16H19N3O. The first kappa shape index (κ1) is 13.1. The van der Waals surface area contributed by atoms with Crippen molar-refractivity contribution in [2.24, 2.45) is 5.84 Å². The van der Waals surface area contributed by atoms with E-state index in [9.17, 15) is 0 Å². The molecule has 2 aromatic rings. The lowest BCUT2D eigenvalue weighted by molar-refractivity contribution is 0.303. The first-order valence-corrected chi connectivity index (χ1v) is 6.92. The van der Waals surface area contributed by atoms with E-state index in [0.717, 1.165) is 22.6 Å². The minimum Gasteiger partial charge on any atom is -0.490 e. The predicted octanol–water partition coefficient (Wildman–Crippen LogP) is 2.48. The smallest absolute Gasteiger partial charge is 0.119 e. The fourth-order valence-electron chi connectivity index (χ4n) is 2.28. The van der Waals surface area contributed by atoms with Gasteiger partial charge in [0.1, 0.15) is 5.75 Å². The Morgan fingerprint density at radius 3 is 2.60 bits per heavy atom. The van der Waals surface area contributed by atoms with Crippen LogP contribution in [0.3, 0.4) is 0 Å². The molecule has 3 rings (SSSR count). The third-order valence-electron chi connectivity index (χ3n) is 3.57. The maximum Gasteiger partial charge on any atom is 0.119 e. The topological polar surface area (TPSA) is 60.2 Å². The van der Waals surface area contributed by atoms with Crippen LogP contribution in [-0.2, 0) is 0 Å². The van der Waals surface area contributed by atoms with Crippen LogP contribution >= 0.6 is 0 Å². The molecule has 1 atom stereocenters. The lowest BCUT2D eigenvalue weighted by Gasteiger charge is -2.18. The quantitative estimate of drug-likeness (QED) is 0.646. The number of hydrazine groups is 1. The van der Waals surface area contributed by atoms with Crippen LogP contribution in [-0.4, -0.2) is 11.1 Å². The van der Waals surface area contributed by atoms with Crippen LogP contribution in [0, 0.1) is 6.92 Å². The number of rotatable bonds is 5. The summed E-state index contributed by atoms with van der Waals surface area (Å²) in [5, 5.41) is 0. The van der Waals surface area contributed by atoms with Crippen LogP contribution in [0.1, 0.15) is 35.7 Å². The molecule has 1 unspecified atom stereocenters. The van der Waals surface area contributed by atoms with Gasteiger partial charge in [0, 0.05) is 11.9 Å². The average molecular weight is 269 g/mol. The number of aromatic nitrogens is 1. The van der Waals surface area contributed by atoms with E-state index in [4.69, 9.17) is 10.6 Å². The minimum absolute atomic E-state index is 0.0568. The molecule has 0 aliphatic heterocycles. The van der Waals surface area contributed by atoms with E-state index in [-0.39, 0.29) is 6.04 Å². The van der Waals surface area contributed by atoms with Crippen molar-refractivity contribution in [3.8, 4) is 5.75 Å². The first-order chi connectivity index (χ1) is 9.78. The molecule has 0 spiro atoms. The monoisotopic (exact) mass is 269 g/mol. The Labute approximate surface area is 119 Å². The van der Waals surface area contributed by atoms with Gasteiger partial charge in [-0.3, -0.25) is 10.8 Å². The number of nitrogens with zero attached hydrogens (tertiary/aromatic N) is 1. The van der Waals surface area contributed by atoms with E-state index < -0.39 is 0 Å². The van der Waals surface area contributed by atoms with Crippen molar-refractivity contribution < 1.29 is 4.74 Å². The summed E-state index contributed by atoms with van der Waals surface area (Å²) in [5.41, 5.74) is 6.04. The average Bonchev–Trinajstić information content (AvgIpc) is 3.27. The van der Waals surface area contributed by atoms with Gasteiger partial charge in [-0.1, -0.05) is 18.2 Å². The Bertz CT molecular complexity index is 579. The van der Waals surface area contributed by atoms with Gasteiger partial charge in [0.2, 0.25) is 0 Å². The van der Waals surface area contributed by atoms with Gasteiger partial charge < -0.3 is 4.74 Å². The van der Waals surface area contributed by atoms with Crippen molar-refractivity contribution >= 4 is 0 Å². The van der Waals surface area contributed by atoms with Crippen LogP contribution in [0.25, 0.3) is 0 Å². The van der Waals surface area contributed by atoms with Crippen molar-refractivity contribution in [1.82, 2.24) is 10.4 Å². The summed E-state index contributed by atoms with van der Waals surface area (Å²) in [6.45, 7) is 1.99. The number of ether oxygens (including phenoxy) is 1. The lowest BCUT2D eigenvalue weighted by Crippen LogP contribution is -2.29. The Morgan fingerprint density at radius 2 is 2.00 bits per heavy atom. The summed E-state index contributed by atoms with van der Waals surface area (Å²) in [6.07, 6.45) is 4.55. The van der Waals surface area contributed by atoms with E-state index in [1.165, 1.54) is 12.8 Å². The molecule has 20 heavy (non-hydrogen) atoms. The van der Waals surface area contributed by atoms with E-state index in [2.05, 4.69) is 22.5 Å². The van der Waals surface area contributed by atoms with E-state index in [1.807, 2.05) is 31.2 Å². The highest BCUT2D eigenvalue weighted by Gasteiger charge is 2.23. The second-order valence-corrected chi connectivity index (χ2v) is 5.16. The first-order valence-electron chi connectivity index (χ1n) is 6.92. The van der Waals surface area contributed by atoms with Gasteiger partial charge in [-0.15, -0.1) is 0 Å². The molecular weight excluding hydrogens is 250 g/mol. The van der Waals surface area contributed by atoms with Gasteiger partial charge in [-0.25, -0.2) is 5.43 Å². The SMILES string of the molecule is Cc1ncccc1C(NN)c1ccc(OC2CC2)cc1. The molecule has 1 heterocycles. The highest BCUT2D eigenvalue weighted by atomic mass is 16.5. The van der Waals surface area contributed by atoms with Crippen molar-refractivity contribution in [2.45, 2.75) is 31.9 Å². The molecule has 0 saturated heterocycles. The molecule has 4 nitrogen and oxygen atoms in total. The molecule has 0 bridgehead atoms. The van der Waals surface area contributed by atoms with E-state index >= 15 is 0 Å². The molecule has 1 fully saturated rings. The molecule has 1 aliphatic rings. The van der Waals surface area contributed by atoms with Gasteiger partial charge >= 0.3 is 0 Å². The molecule has 1 aromatic carbocycles. The second-order valence-electron chi connectivity index (χ2n) is 5.16. The Kier molecular flexibility index (Phi) is 3.67. The minimum atomic E-state index is -0.0568. The maximum atomic E-state index is 5.76. The highest BCUT2D eigenvalue weighted by molar-refractivity contribution is 5.36. The number of hydrogen-bond donors (Lipinski definition) is 2. The van der Waals surface area contributed by atoms with E-state index in [1.54, 1.807) is 6.20 Å². The molecule has 3 N–H and O–H groups in total. The van der Waals surface area contributed by atoms with Crippen molar-refractivity contribution in [3.05, 3.63) is 59.4 Å². The predicted molar refractivity (Wildman–Crippen MR) is 78.2 cm³/mol. The number of hydrogen-bond acceptors (Lipinski definition) is 4. The Hall–Kier alpha value is -1.91. The van der Waals surface area contributed by atoms with Crippen LogP contribution < -0.4 is 16.0 Å². The summed E-state index contributed by atoms with van der Waals surface area (Å²) >= 11 is 0. The molecule has 4 heteroatoms. The second kappa shape index (κ2) is 5.61. The van der Waals surface area contributed by atoms with Gasteiger partial charge in [0.15, 0.2) is 0 Å². The van der Waals surface area contributed by atoms with Crippen LogP contribution in [0.5, 0.6) is 5.75 Å². The number of nitrogens with two attached hydrogens (primary N) is 1. The molecule has 1 aromatic heterocycles. The zero-order valence-electron chi connectivity index (χ0n) is 11.5. The van der Waals surface area contributed by atoms with Gasteiger partial charge in [0.05, 0.1) is 12.1 Å². The number of aryl methyl sites for hydroxylation is 1. The molecule has 0 radical (unpaired) electrons. The van der Waals surface area contributed by atoms with Gasteiger partial charge in [-0.2, -0.15) is 0 Å². The molecule has 1 aliphatic carbocycles. The lowest BCUT2D eigenvalue weighted by atomic mass is 9.98. The normalized spacial score (nSPS) is 15.9. The van der Waals surface area contributed by atoms with Crippen LogP contribution in [0.2, 0.25) is 0 Å². The van der Waals surface area contributed by atoms with Crippen LogP contribution in [0.15, 0.2) is 42.6 Å². The largest absolute Gasteiger partial charge is 0.490 e. The third-order valence-corrected chi connectivity index (χ3v) is 3.57. The summed E-state index contributed by atoms with van der Waals surface area (Å²) in [4.78, 5) is 4.32. The summed E-state index contributed by atoms with van der Waals surface area (Å²) in [7, 11) is 0. The summed E-state index contributed by atoms with van der Waals surface area (Å²) < 4.78 is 5.76. The van der Waals surface area contributed by atoms with Crippen molar-refractivity contribution in [1.29, 1.82) is 0 Å². The number of benzene rings is 1. The van der Waals surface area contributed by atoms with E-state index in [0.29, 0.717) is 6.10 Å². The van der Waals surface area contributed by atoms with Gasteiger partial charge in [-0.05, 0) is 49.1 Å². The third kappa shape index (κ3) is 2.81. The maximum absolute atomic E-state index is 5.76. The number of nitrogens with one attached hydrogen (secondary N) is 1.